The quantitative estimate of drug-likeness (QED) is 0.583. The second kappa shape index (κ2) is 11.2. The summed E-state index contributed by atoms with van der Waals surface area (Å²) in [7, 11) is 0. The average molecular weight is 451 g/mol. The van der Waals surface area contributed by atoms with Crippen LogP contribution in [0.3, 0.4) is 0 Å². The topological polar surface area (TPSA) is 58.6 Å². The summed E-state index contributed by atoms with van der Waals surface area (Å²) in [6, 6.07) is 11.9. The van der Waals surface area contributed by atoms with E-state index in [0.717, 1.165) is 12.0 Å². The molecule has 0 spiro atoms. The fourth-order valence-electron chi connectivity index (χ4n) is 2.82. The van der Waals surface area contributed by atoms with Gasteiger partial charge in [-0.05, 0) is 56.5 Å². The first-order valence-corrected chi connectivity index (χ1v) is 10.7. The Kier molecular flexibility index (Phi) is 9.00. The van der Waals surface area contributed by atoms with E-state index < -0.39 is 6.04 Å². The number of carbonyl (C=O) groups is 2. The van der Waals surface area contributed by atoms with Crippen molar-refractivity contribution in [3.63, 3.8) is 0 Å². The Bertz CT molecular complexity index is 889. The van der Waals surface area contributed by atoms with Crippen LogP contribution < -0.4 is 10.1 Å². The van der Waals surface area contributed by atoms with Gasteiger partial charge in [0.05, 0.1) is 0 Å². The highest BCUT2D eigenvalue weighted by Gasteiger charge is 2.27. The van der Waals surface area contributed by atoms with Gasteiger partial charge in [0.2, 0.25) is 5.91 Å². The summed E-state index contributed by atoms with van der Waals surface area (Å²) in [6.07, 6.45) is 0.797. The summed E-state index contributed by atoms with van der Waals surface area (Å²) in [5.74, 6) is 0.0989. The smallest absolute Gasteiger partial charge is 0.261 e. The molecule has 30 heavy (non-hydrogen) atoms. The van der Waals surface area contributed by atoms with E-state index in [4.69, 9.17) is 27.9 Å². The van der Waals surface area contributed by atoms with Gasteiger partial charge in [-0.15, -0.1) is 0 Å². The van der Waals surface area contributed by atoms with Crippen molar-refractivity contribution >= 4 is 35.0 Å². The number of carbonyl (C=O) groups excluding carboxylic acids is 2. The van der Waals surface area contributed by atoms with Crippen molar-refractivity contribution < 1.29 is 14.3 Å². The summed E-state index contributed by atoms with van der Waals surface area (Å²) in [4.78, 5) is 27.3. The number of rotatable bonds is 9. The van der Waals surface area contributed by atoms with Gasteiger partial charge in [-0.1, -0.05) is 54.4 Å². The SMILES string of the molecule is CCC(C)NC(=O)C(C)N(Cc1ccc(Cl)cc1Cl)C(=O)COc1ccccc1C. The van der Waals surface area contributed by atoms with Gasteiger partial charge in [0, 0.05) is 22.6 Å². The van der Waals surface area contributed by atoms with E-state index in [1.54, 1.807) is 25.1 Å². The Hall–Kier alpha value is -2.24. The molecule has 2 rings (SSSR count). The molecular formula is C23H28Cl2N2O3. The molecule has 0 radical (unpaired) electrons. The summed E-state index contributed by atoms with van der Waals surface area (Å²) < 4.78 is 5.72. The number of aryl methyl sites for hydroxylation is 1. The van der Waals surface area contributed by atoms with Crippen LogP contribution in [0.1, 0.15) is 38.3 Å². The number of nitrogens with zero attached hydrogens (tertiary/aromatic N) is 1. The van der Waals surface area contributed by atoms with Gasteiger partial charge in [0.25, 0.3) is 5.91 Å². The summed E-state index contributed by atoms with van der Waals surface area (Å²) >= 11 is 12.3. The Morgan fingerprint density at radius 2 is 1.83 bits per heavy atom. The van der Waals surface area contributed by atoms with E-state index >= 15 is 0 Å². The lowest BCUT2D eigenvalue weighted by atomic mass is 10.1. The molecular weight excluding hydrogens is 423 g/mol. The van der Waals surface area contributed by atoms with Gasteiger partial charge in [-0.25, -0.2) is 0 Å². The van der Waals surface area contributed by atoms with Crippen LogP contribution in [-0.2, 0) is 16.1 Å². The molecule has 2 unspecified atom stereocenters. The number of ether oxygens (including phenoxy) is 1. The molecule has 0 bridgehead atoms. The molecule has 0 fully saturated rings. The number of amides is 2. The molecule has 0 aliphatic rings. The molecule has 162 valence electrons. The number of benzene rings is 2. The molecule has 0 saturated carbocycles. The monoisotopic (exact) mass is 450 g/mol. The van der Waals surface area contributed by atoms with Crippen molar-refractivity contribution in [3.05, 3.63) is 63.6 Å². The van der Waals surface area contributed by atoms with E-state index in [9.17, 15) is 9.59 Å². The van der Waals surface area contributed by atoms with E-state index in [1.165, 1.54) is 4.90 Å². The first-order valence-electron chi connectivity index (χ1n) is 9.95. The molecule has 2 atom stereocenters. The number of hydrogen-bond acceptors (Lipinski definition) is 3. The summed E-state index contributed by atoms with van der Waals surface area (Å²) in [6.45, 7) is 7.51. The van der Waals surface area contributed by atoms with Crippen molar-refractivity contribution in [2.24, 2.45) is 0 Å². The molecule has 0 aromatic heterocycles. The third kappa shape index (κ3) is 6.64. The van der Waals surface area contributed by atoms with Crippen molar-refractivity contribution in [1.29, 1.82) is 0 Å². The van der Waals surface area contributed by atoms with Crippen LogP contribution in [0.2, 0.25) is 10.0 Å². The minimum atomic E-state index is -0.696. The van der Waals surface area contributed by atoms with Crippen LogP contribution in [0.5, 0.6) is 5.75 Å². The lowest BCUT2D eigenvalue weighted by molar-refractivity contribution is -0.142. The van der Waals surface area contributed by atoms with Gasteiger partial charge < -0.3 is 15.0 Å². The van der Waals surface area contributed by atoms with Gasteiger partial charge in [0.15, 0.2) is 6.61 Å². The Balaban J connectivity index is 2.21. The van der Waals surface area contributed by atoms with Gasteiger partial charge in [0.1, 0.15) is 11.8 Å². The normalized spacial score (nSPS) is 12.7. The molecule has 0 aliphatic carbocycles. The predicted molar refractivity (Wildman–Crippen MR) is 121 cm³/mol. The minimum absolute atomic E-state index is 0.0132. The maximum Gasteiger partial charge on any atom is 0.261 e. The molecule has 2 amide bonds. The molecule has 2 aromatic carbocycles. The van der Waals surface area contributed by atoms with E-state index in [-0.39, 0.29) is 31.0 Å². The van der Waals surface area contributed by atoms with Crippen LogP contribution >= 0.6 is 23.2 Å². The fraction of sp³-hybridized carbons (Fsp3) is 0.391. The van der Waals surface area contributed by atoms with Crippen LogP contribution in [0.4, 0.5) is 0 Å². The Labute approximate surface area is 188 Å². The Morgan fingerprint density at radius 3 is 2.47 bits per heavy atom. The number of para-hydroxylation sites is 1. The second-order valence-corrected chi connectivity index (χ2v) is 8.15. The molecule has 5 nitrogen and oxygen atoms in total. The van der Waals surface area contributed by atoms with Gasteiger partial charge in [-0.2, -0.15) is 0 Å². The largest absolute Gasteiger partial charge is 0.484 e. The summed E-state index contributed by atoms with van der Waals surface area (Å²) in [5.41, 5.74) is 1.63. The number of hydrogen-bond donors (Lipinski definition) is 1. The predicted octanol–water partition coefficient (Wildman–Crippen LogP) is 5.01. The minimum Gasteiger partial charge on any atom is -0.484 e. The van der Waals surface area contributed by atoms with Crippen LogP contribution in [0, 0.1) is 6.92 Å². The highest BCUT2D eigenvalue weighted by atomic mass is 35.5. The third-order valence-electron chi connectivity index (χ3n) is 4.97. The summed E-state index contributed by atoms with van der Waals surface area (Å²) in [5, 5.41) is 3.88. The molecule has 0 saturated heterocycles. The highest BCUT2D eigenvalue weighted by Crippen LogP contribution is 2.23. The van der Waals surface area contributed by atoms with Crippen molar-refractivity contribution in [3.8, 4) is 5.75 Å². The number of halogens is 2. The molecule has 1 N–H and O–H groups in total. The first-order chi connectivity index (χ1) is 14.2. The number of nitrogens with one attached hydrogen (secondary N) is 1. The van der Waals surface area contributed by atoms with Crippen molar-refractivity contribution in [1.82, 2.24) is 10.2 Å². The molecule has 0 heterocycles. The zero-order chi connectivity index (χ0) is 22.3. The van der Waals surface area contributed by atoms with Crippen molar-refractivity contribution in [2.75, 3.05) is 6.61 Å². The van der Waals surface area contributed by atoms with Crippen LogP contribution in [-0.4, -0.2) is 35.4 Å². The third-order valence-corrected chi connectivity index (χ3v) is 5.56. The van der Waals surface area contributed by atoms with E-state index in [0.29, 0.717) is 21.4 Å². The zero-order valence-electron chi connectivity index (χ0n) is 17.7. The lowest BCUT2D eigenvalue weighted by Crippen LogP contribution is -2.50. The molecule has 7 heteroatoms. The van der Waals surface area contributed by atoms with E-state index in [1.807, 2.05) is 45.0 Å². The zero-order valence-corrected chi connectivity index (χ0v) is 19.3. The Morgan fingerprint density at radius 1 is 1.13 bits per heavy atom. The highest BCUT2D eigenvalue weighted by molar-refractivity contribution is 6.35. The van der Waals surface area contributed by atoms with E-state index in [2.05, 4.69) is 5.32 Å². The van der Waals surface area contributed by atoms with Crippen LogP contribution in [0.25, 0.3) is 0 Å². The second-order valence-electron chi connectivity index (χ2n) is 7.31. The first kappa shape index (κ1) is 24.0. The maximum absolute atomic E-state index is 13.1. The van der Waals surface area contributed by atoms with Crippen molar-refractivity contribution in [2.45, 2.75) is 52.7 Å². The van der Waals surface area contributed by atoms with Gasteiger partial charge in [-0.3, -0.25) is 9.59 Å². The fourth-order valence-corrected chi connectivity index (χ4v) is 3.29. The standard InChI is InChI=1S/C23H28Cl2N2O3/c1-5-16(3)26-23(29)17(4)27(13-18-10-11-19(24)12-20(18)25)22(28)14-30-21-9-7-6-8-15(21)2/h6-12,16-17H,5,13-14H2,1-4H3,(H,26,29). The molecule has 2 aromatic rings. The van der Waals surface area contributed by atoms with Crippen LogP contribution in [0.15, 0.2) is 42.5 Å². The maximum atomic E-state index is 13.1. The average Bonchev–Trinajstić information content (AvgIpc) is 2.71. The lowest BCUT2D eigenvalue weighted by Gasteiger charge is -2.30. The molecule has 0 aliphatic heterocycles. The van der Waals surface area contributed by atoms with Gasteiger partial charge >= 0.3 is 0 Å².